The number of nitro benzene ring substituents is 1. The van der Waals surface area contributed by atoms with Gasteiger partial charge in [0.1, 0.15) is 0 Å². The lowest BCUT2D eigenvalue weighted by Gasteiger charge is -2.30. The molecule has 1 N–H and O–H groups in total. The Morgan fingerprint density at radius 3 is 2.57 bits per heavy atom. The molecule has 1 amide bonds. The van der Waals surface area contributed by atoms with E-state index in [1.54, 1.807) is 13.0 Å². The molecule has 1 aliphatic rings. The zero-order chi connectivity index (χ0) is 17.0. The lowest BCUT2D eigenvalue weighted by molar-refractivity contribution is -0.385. The normalized spacial score (nSPS) is 15.3. The minimum Gasteiger partial charge on any atom is -0.465 e. The Bertz CT molecular complexity index is 622. The maximum absolute atomic E-state index is 11.7. The number of amides is 1. The highest BCUT2D eigenvalue weighted by Crippen LogP contribution is 2.34. The van der Waals surface area contributed by atoms with Crippen LogP contribution in [0, 0.1) is 10.1 Å². The van der Waals surface area contributed by atoms with Gasteiger partial charge in [-0.05, 0) is 31.7 Å². The van der Waals surface area contributed by atoms with Gasteiger partial charge in [0.15, 0.2) is 0 Å². The Labute approximate surface area is 132 Å². The molecule has 1 heterocycles. The van der Waals surface area contributed by atoms with Gasteiger partial charge in [0.05, 0.1) is 17.1 Å². The smallest absolute Gasteiger partial charge is 0.407 e. The number of nitrogens with zero attached hydrogens (tertiary/aromatic N) is 2. The largest absolute Gasteiger partial charge is 0.465 e. The summed E-state index contributed by atoms with van der Waals surface area (Å²) in [5, 5.41) is 20.3. The predicted octanol–water partition coefficient (Wildman–Crippen LogP) is 2.63. The molecule has 124 valence electrons. The Morgan fingerprint density at radius 2 is 2.04 bits per heavy atom. The summed E-state index contributed by atoms with van der Waals surface area (Å²) in [6.07, 6.45) is 0.0632. The van der Waals surface area contributed by atoms with Gasteiger partial charge in [-0.3, -0.25) is 10.1 Å². The monoisotopic (exact) mass is 322 g/mol. The van der Waals surface area contributed by atoms with Gasteiger partial charge < -0.3 is 14.7 Å². The summed E-state index contributed by atoms with van der Waals surface area (Å²) < 4.78 is 4.85. The van der Waals surface area contributed by atoms with Gasteiger partial charge in [0.2, 0.25) is 0 Å². The first kappa shape index (κ1) is 16.7. The Hall–Kier alpha value is -2.64. The number of carbonyl (C=O) groups is 2. The summed E-state index contributed by atoms with van der Waals surface area (Å²) in [4.78, 5) is 34.7. The van der Waals surface area contributed by atoms with Crippen molar-refractivity contribution >= 4 is 17.7 Å². The van der Waals surface area contributed by atoms with E-state index in [0.717, 1.165) is 0 Å². The predicted molar refractivity (Wildman–Crippen MR) is 80.6 cm³/mol. The molecule has 0 unspecified atom stereocenters. The number of carbonyl (C=O) groups excluding carboxylic acids is 1. The fraction of sp³-hybridized carbons (Fsp3) is 0.467. The van der Waals surface area contributed by atoms with Crippen molar-refractivity contribution in [1.82, 2.24) is 4.90 Å². The maximum Gasteiger partial charge on any atom is 0.407 e. The summed E-state index contributed by atoms with van der Waals surface area (Å²) in [5.74, 6) is -0.690. The van der Waals surface area contributed by atoms with Crippen LogP contribution >= 0.6 is 0 Å². The zero-order valence-electron chi connectivity index (χ0n) is 12.7. The van der Waals surface area contributed by atoms with Crippen LogP contribution < -0.4 is 0 Å². The van der Waals surface area contributed by atoms with E-state index < -0.39 is 17.0 Å². The molecular weight excluding hydrogens is 304 g/mol. The number of piperidine rings is 1. The number of hydrogen-bond donors (Lipinski definition) is 1. The van der Waals surface area contributed by atoms with Gasteiger partial charge in [0.25, 0.3) is 5.69 Å². The molecule has 0 bridgehead atoms. The minimum atomic E-state index is -0.976. The van der Waals surface area contributed by atoms with Crippen LogP contribution in [0.15, 0.2) is 18.2 Å². The fourth-order valence-electron chi connectivity index (χ4n) is 2.77. The third kappa shape index (κ3) is 3.77. The van der Waals surface area contributed by atoms with Gasteiger partial charge in [-0.15, -0.1) is 0 Å². The van der Waals surface area contributed by atoms with E-state index in [-0.39, 0.29) is 23.8 Å². The zero-order valence-corrected chi connectivity index (χ0v) is 12.7. The molecule has 0 spiro atoms. The third-order valence-corrected chi connectivity index (χ3v) is 3.94. The second-order valence-corrected chi connectivity index (χ2v) is 5.30. The summed E-state index contributed by atoms with van der Waals surface area (Å²) >= 11 is 0. The molecule has 1 aromatic rings. The molecule has 0 saturated carbocycles. The number of ether oxygens (including phenoxy) is 1. The van der Waals surface area contributed by atoms with Crippen LogP contribution in [0.25, 0.3) is 0 Å². The lowest BCUT2D eigenvalue weighted by atomic mass is 9.88. The molecule has 0 atom stereocenters. The molecule has 8 heteroatoms. The number of carboxylic acid groups (broad SMARTS) is 1. The van der Waals surface area contributed by atoms with E-state index in [1.165, 1.54) is 17.0 Å². The summed E-state index contributed by atoms with van der Waals surface area (Å²) in [6, 6.07) is 4.33. The van der Waals surface area contributed by atoms with E-state index >= 15 is 0 Å². The van der Waals surface area contributed by atoms with E-state index in [4.69, 9.17) is 9.84 Å². The van der Waals surface area contributed by atoms with Crippen LogP contribution in [-0.4, -0.2) is 46.7 Å². The average molecular weight is 322 g/mol. The van der Waals surface area contributed by atoms with E-state index in [1.807, 2.05) is 0 Å². The van der Waals surface area contributed by atoms with Gasteiger partial charge in [-0.25, -0.2) is 9.59 Å². The molecule has 0 aromatic heterocycles. The Kier molecular flexibility index (Phi) is 5.15. The highest BCUT2D eigenvalue weighted by atomic mass is 16.6. The molecule has 0 aliphatic carbocycles. The number of rotatable bonds is 4. The number of esters is 1. The van der Waals surface area contributed by atoms with Crippen LogP contribution in [0.4, 0.5) is 10.5 Å². The summed E-state index contributed by atoms with van der Waals surface area (Å²) in [6.45, 7) is 2.55. The number of likely N-dealkylation sites (tertiary alicyclic amines) is 1. The van der Waals surface area contributed by atoms with E-state index in [0.29, 0.717) is 31.5 Å². The summed E-state index contributed by atoms with van der Waals surface area (Å²) in [5.41, 5.74) is 0.558. The summed E-state index contributed by atoms with van der Waals surface area (Å²) in [7, 11) is 0. The van der Waals surface area contributed by atoms with Crippen molar-refractivity contribution in [3.63, 3.8) is 0 Å². The van der Waals surface area contributed by atoms with Gasteiger partial charge in [-0.2, -0.15) is 0 Å². The van der Waals surface area contributed by atoms with E-state index in [9.17, 15) is 19.7 Å². The van der Waals surface area contributed by atoms with Crippen molar-refractivity contribution in [2.45, 2.75) is 25.7 Å². The number of hydrogen-bond acceptors (Lipinski definition) is 5. The highest BCUT2D eigenvalue weighted by molar-refractivity contribution is 5.90. The first-order valence-corrected chi connectivity index (χ1v) is 7.37. The van der Waals surface area contributed by atoms with Crippen molar-refractivity contribution in [2.24, 2.45) is 0 Å². The van der Waals surface area contributed by atoms with E-state index in [2.05, 4.69) is 0 Å². The molecule has 8 nitrogen and oxygen atoms in total. The average Bonchev–Trinajstić information content (AvgIpc) is 2.54. The van der Waals surface area contributed by atoms with Crippen LogP contribution in [0.3, 0.4) is 0 Å². The molecule has 1 fully saturated rings. The third-order valence-electron chi connectivity index (χ3n) is 3.94. The Balaban J connectivity index is 2.24. The molecule has 1 aromatic carbocycles. The number of benzene rings is 1. The van der Waals surface area contributed by atoms with Crippen LogP contribution in [0.5, 0.6) is 0 Å². The lowest BCUT2D eigenvalue weighted by Crippen LogP contribution is -2.36. The topological polar surface area (TPSA) is 110 Å². The number of nitro groups is 1. The first-order valence-electron chi connectivity index (χ1n) is 7.37. The minimum absolute atomic E-state index is 0.0951. The standard InChI is InChI=1S/C15H18N2O6/c1-2-23-14(18)11-3-4-12(13(9-11)17(21)22)10-5-7-16(8-6-10)15(19)20/h3-4,9-10H,2,5-8H2,1H3,(H,19,20). The van der Waals surface area contributed by atoms with Gasteiger partial charge >= 0.3 is 12.1 Å². The van der Waals surface area contributed by atoms with Crippen molar-refractivity contribution in [1.29, 1.82) is 0 Å². The second kappa shape index (κ2) is 7.08. The van der Waals surface area contributed by atoms with Crippen LogP contribution in [0.1, 0.15) is 41.6 Å². The van der Waals surface area contributed by atoms with Crippen LogP contribution in [-0.2, 0) is 4.74 Å². The maximum atomic E-state index is 11.7. The molecular formula is C15H18N2O6. The van der Waals surface area contributed by atoms with Crippen molar-refractivity contribution < 1.29 is 24.4 Å². The molecule has 2 rings (SSSR count). The van der Waals surface area contributed by atoms with Crippen LogP contribution in [0.2, 0.25) is 0 Å². The van der Waals surface area contributed by atoms with Gasteiger partial charge in [0, 0.05) is 24.7 Å². The second-order valence-electron chi connectivity index (χ2n) is 5.30. The van der Waals surface area contributed by atoms with Gasteiger partial charge in [-0.1, -0.05) is 6.07 Å². The van der Waals surface area contributed by atoms with Crippen molar-refractivity contribution in [3.8, 4) is 0 Å². The first-order chi connectivity index (χ1) is 10.9. The Morgan fingerprint density at radius 1 is 1.39 bits per heavy atom. The SMILES string of the molecule is CCOC(=O)c1ccc(C2CCN(C(=O)O)CC2)c([N+](=O)[O-])c1. The molecule has 1 aliphatic heterocycles. The van der Waals surface area contributed by atoms with Crippen molar-refractivity contribution in [3.05, 3.63) is 39.4 Å². The molecule has 0 radical (unpaired) electrons. The molecule has 23 heavy (non-hydrogen) atoms. The highest BCUT2D eigenvalue weighted by Gasteiger charge is 2.29. The quantitative estimate of drug-likeness (QED) is 0.518. The van der Waals surface area contributed by atoms with Crippen molar-refractivity contribution in [2.75, 3.05) is 19.7 Å². The fourth-order valence-corrected chi connectivity index (χ4v) is 2.77. The molecule has 1 saturated heterocycles.